The highest BCUT2D eigenvalue weighted by Gasteiger charge is 2.32. The fraction of sp³-hybridized carbons (Fsp3) is 0.375. The van der Waals surface area contributed by atoms with Crippen LogP contribution in [0.4, 0.5) is 19.3 Å². The second-order valence-corrected chi connectivity index (χ2v) is 8.39. The van der Waals surface area contributed by atoms with E-state index in [0.717, 1.165) is 6.07 Å². The number of nitrogens with one attached hydrogen (secondary N) is 2. The Morgan fingerprint density at radius 1 is 1.18 bits per heavy atom. The molecule has 8 nitrogen and oxygen atoms in total. The van der Waals surface area contributed by atoms with Crippen LogP contribution in [0, 0.1) is 18.6 Å². The van der Waals surface area contributed by atoms with Crippen molar-refractivity contribution >= 4 is 23.6 Å². The fourth-order valence-corrected chi connectivity index (χ4v) is 4.14. The van der Waals surface area contributed by atoms with Gasteiger partial charge in [0.05, 0.1) is 29.8 Å². The molecule has 0 unspecified atom stereocenters. The lowest BCUT2D eigenvalue weighted by atomic mass is 9.96. The third-order valence-corrected chi connectivity index (χ3v) is 6.14. The molecule has 0 aliphatic carbocycles. The molecule has 0 bridgehead atoms. The molecule has 0 aromatic heterocycles. The zero-order valence-corrected chi connectivity index (χ0v) is 18.8. The fourth-order valence-electron chi connectivity index (χ4n) is 4.14. The van der Waals surface area contributed by atoms with Crippen LogP contribution in [-0.2, 0) is 9.53 Å². The number of aryl methyl sites for hydroxylation is 1. The summed E-state index contributed by atoms with van der Waals surface area (Å²) in [5.74, 6) is -1.55. The van der Waals surface area contributed by atoms with Crippen LogP contribution >= 0.6 is 0 Å². The number of anilines is 1. The van der Waals surface area contributed by atoms with E-state index in [0.29, 0.717) is 24.1 Å². The molecule has 10 heteroatoms. The van der Waals surface area contributed by atoms with E-state index in [2.05, 4.69) is 10.6 Å². The van der Waals surface area contributed by atoms with Gasteiger partial charge >= 0.3 is 6.09 Å². The van der Waals surface area contributed by atoms with Crippen molar-refractivity contribution in [1.29, 1.82) is 0 Å². The number of fused-ring (bicyclic) bond motifs is 1. The summed E-state index contributed by atoms with van der Waals surface area (Å²) in [5, 5.41) is 5.30. The summed E-state index contributed by atoms with van der Waals surface area (Å²) >= 11 is 0. The number of benzene rings is 2. The Hall–Kier alpha value is -3.69. The molecule has 3 amide bonds. The first-order chi connectivity index (χ1) is 16.2. The molecule has 2 N–H and O–H groups in total. The third kappa shape index (κ3) is 4.80. The third-order valence-electron chi connectivity index (χ3n) is 6.14. The summed E-state index contributed by atoms with van der Waals surface area (Å²) in [7, 11) is 1.66. The summed E-state index contributed by atoms with van der Waals surface area (Å²) < 4.78 is 39.2. The van der Waals surface area contributed by atoms with Gasteiger partial charge < -0.3 is 25.0 Å². The van der Waals surface area contributed by atoms with E-state index in [1.165, 1.54) is 24.3 Å². The molecule has 4 rings (SSSR count). The summed E-state index contributed by atoms with van der Waals surface area (Å²) in [5.41, 5.74) is 0.890. The van der Waals surface area contributed by atoms with Crippen LogP contribution in [-0.4, -0.2) is 49.1 Å². The van der Waals surface area contributed by atoms with Gasteiger partial charge in [0.15, 0.2) is 0 Å². The molecule has 180 valence electrons. The summed E-state index contributed by atoms with van der Waals surface area (Å²) in [6.45, 7) is 1.76. The second kappa shape index (κ2) is 9.66. The van der Waals surface area contributed by atoms with Gasteiger partial charge in [-0.05, 0) is 49.2 Å². The molecule has 0 radical (unpaired) electrons. The van der Waals surface area contributed by atoms with Crippen molar-refractivity contribution in [3.8, 4) is 5.75 Å². The Morgan fingerprint density at radius 3 is 2.65 bits per heavy atom. The van der Waals surface area contributed by atoms with Crippen LogP contribution in [0.15, 0.2) is 30.3 Å². The molecule has 2 aliphatic heterocycles. The predicted molar refractivity (Wildman–Crippen MR) is 119 cm³/mol. The number of rotatable bonds is 5. The lowest BCUT2D eigenvalue weighted by molar-refractivity contribution is -0.128. The number of nitrogens with zero attached hydrogens (tertiary/aromatic N) is 1. The standard InChI is InChI=1S/C24H25F2N3O5/c1-13-11-14(3-6-17(13)25)27-23(31)16-5-7-18(26)21-19(9-10-33-22(16)21)28-24(32)34-12-15-4-8-20(30)29(15)2/h3,5-7,11,15,19H,4,8-10,12H2,1-2H3,(H,27,31)(H,28,32)/t15-,19-/m0/s1. The topological polar surface area (TPSA) is 97.0 Å². The number of likely N-dealkylation sites (tertiary alicyclic amines) is 1. The van der Waals surface area contributed by atoms with Gasteiger partial charge in [0.2, 0.25) is 5.91 Å². The number of ether oxygens (including phenoxy) is 2. The maximum atomic E-state index is 14.8. The molecule has 2 heterocycles. The molecule has 0 spiro atoms. The minimum absolute atomic E-state index is 0.00367. The highest BCUT2D eigenvalue weighted by atomic mass is 19.1. The van der Waals surface area contributed by atoms with E-state index < -0.39 is 29.7 Å². The van der Waals surface area contributed by atoms with E-state index in [4.69, 9.17) is 9.47 Å². The van der Waals surface area contributed by atoms with Crippen LogP contribution in [0.3, 0.4) is 0 Å². The van der Waals surface area contributed by atoms with Crippen LogP contribution < -0.4 is 15.4 Å². The van der Waals surface area contributed by atoms with Crippen LogP contribution in [0.25, 0.3) is 0 Å². The van der Waals surface area contributed by atoms with Crippen molar-refractivity contribution in [3.05, 3.63) is 58.7 Å². The Morgan fingerprint density at radius 2 is 1.94 bits per heavy atom. The molecule has 0 saturated carbocycles. The van der Waals surface area contributed by atoms with Gasteiger partial charge in [-0.25, -0.2) is 13.6 Å². The van der Waals surface area contributed by atoms with Gasteiger partial charge in [0, 0.05) is 25.6 Å². The monoisotopic (exact) mass is 473 g/mol. The van der Waals surface area contributed by atoms with E-state index in [1.54, 1.807) is 18.9 Å². The number of amides is 3. The maximum absolute atomic E-state index is 14.8. The Bertz CT molecular complexity index is 1140. The van der Waals surface area contributed by atoms with Crippen molar-refractivity contribution in [2.24, 2.45) is 0 Å². The Kier molecular flexibility index (Phi) is 6.67. The van der Waals surface area contributed by atoms with Crippen molar-refractivity contribution in [2.75, 3.05) is 25.6 Å². The number of carbonyl (C=O) groups excluding carboxylic acids is 3. The summed E-state index contributed by atoms with van der Waals surface area (Å²) in [6, 6.07) is 5.63. The molecule has 2 atom stereocenters. The van der Waals surface area contributed by atoms with Crippen molar-refractivity contribution in [2.45, 2.75) is 38.3 Å². The molecule has 2 aromatic carbocycles. The van der Waals surface area contributed by atoms with Crippen molar-refractivity contribution in [3.63, 3.8) is 0 Å². The number of hydrogen-bond acceptors (Lipinski definition) is 5. The summed E-state index contributed by atoms with van der Waals surface area (Å²) in [6.07, 6.45) is 0.543. The predicted octanol–water partition coefficient (Wildman–Crippen LogP) is 3.70. The van der Waals surface area contributed by atoms with Gasteiger partial charge in [0.25, 0.3) is 5.91 Å². The normalized spacial score (nSPS) is 19.3. The van der Waals surface area contributed by atoms with E-state index in [1.807, 2.05) is 0 Å². The van der Waals surface area contributed by atoms with Gasteiger partial charge in [0.1, 0.15) is 24.0 Å². The molecule has 1 fully saturated rings. The quantitative estimate of drug-likeness (QED) is 0.690. The lowest BCUT2D eigenvalue weighted by Crippen LogP contribution is -2.37. The molecule has 1 saturated heterocycles. The lowest BCUT2D eigenvalue weighted by Gasteiger charge is -2.28. The highest BCUT2D eigenvalue weighted by molar-refractivity contribution is 6.06. The molecule has 2 aliphatic rings. The van der Waals surface area contributed by atoms with Crippen molar-refractivity contribution in [1.82, 2.24) is 10.2 Å². The number of alkyl carbamates (subject to hydrolysis) is 1. The van der Waals surface area contributed by atoms with Gasteiger partial charge in [-0.15, -0.1) is 0 Å². The zero-order valence-electron chi connectivity index (χ0n) is 18.8. The van der Waals surface area contributed by atoms with E-state index >= 15 is 0 Å². The van der Waals surface area contributed by atoms with Gasteiger partial charge in [-0.1, -0.05) is 0 Å². The van der Waals surface area contributed by atoms with E-state index in [-0.39, 0.29) is 48.5 Å². The largest absolute Gasteiger partial charge is 0.492 e. The second-order valence-electron chi connectivity index (χ2n) is 8.39. The first-order valence-electron chi connectivity index (χ1n) is 11.0. The first kappa shape index (κ1) is 23.5. The van der Waals surface area contributed by atoms with E-state index in [9.17, 15) is 23.2 Å². The summed E-state index contributed by atoms with van der Waals surface area (Å²) in [4.78, 5) is 38.4. The zero-order chi connectivity index (χ0) is 24.4. The number of halogens is 2. The van der Waals surface area contributed by atoms with Gasteiger partial charge in [-0.3, -0.25) is 9.59 Å². The molecular weight excluding hydrogens is 448 g/mol. The number of hydrogen-bond donors (Lipinski definition) is 2. The van der Waals surface area contributed by atoms with Crippen LogP contribution in [0.2, 0.25) is 0 Å². The highest BCUT2D eigenvalue weighted by Crippen LogP contribution is 2.37. The Balaban J connectivity index is 1.48. The SMILES string of the molecule is Cc1cc(NC(=O)c2ccc(F)c3c2OCC[C@@H]3NC(=O)OC[C@@H]2CCC(=O)N2C)ccc1F. The van der Waals surface area contributed by atoms with Gasteiger partial charge in [-0.2, -0.15) is 0 Å². The molecule has 34 heavy (non-hydrogen) atoms. The van der Waals surface area contributed by atoms with Crippen molar-refractivity contribution < 1.29 is 32.6 Å². The minimum Gasteiger partial charge on any atom is -0.492 e. The average molecular weight is 473 g/mol. The number of carbonyl (C=O) groups is 3. The molecular formula is C24H25F2N3O5. The maximum Gasteiger partial charge on any atom is 0.407 e. The minimum atomic E-state index is -0.764. The van der Waals surface area contributed by atoms with Crippen LogP contribution in [0.1, 0.15) is 46.8 Å². The molecule has 2 aromatic rings. The first-order valence-corrected chi connectivity index (χ1v) is 11.0. The average Bonchev–Trinajstić information content (AvgIpc) is 3.12. The smallest absolute Gasteiger partial charge is 0.407 e. The van der Waals surface area contributed by atoms with Crippen LogP contribution in [0.5, 0.6) is 5.75 Å². The Labute approximate surface area is 195 Å². The number of likely N-dealkylation sites (N-methyl/N-ethyl adjacent to an activating group) is 1.